The maximum atomic E-state index is 9.20. The predicted octanol–water partition coefficient (Wildman–Crippen LogP) is 3.19. The molecule has 80 valence electrons. The maximum absolute atomic E-state index is 9.20. The van der Waals surface area contributed by atoms with Crippen molar-refractivity contribution in [2.45, 2.75) is 32.0 Å². The van der Waals surface area contributed by atoms with Gasteiger partial charge in [0.25, 0.3) is 0 Å². The molecule has 0 saturated carbocycles. The van der Waals surface area contributed by atoms with Crippen molar-refractivity contribution in [3.63, 3.8) is 0 Å². The summed E-state index contributed by atoms with van der Waals surface area (Å²) >= 11 is 0. The van der Waals surface area contributed by atoms with Gasteiger partial charge in [-0.3, -0.25) is 0 Å². The van der Waals surface area contributed by atoms with Crippen molar-refractivity contribution in [2.75, 3.05) is 0 Å². The van der Waals surface area contributed by atoms with E-state index in [-0.39, 0.29) is 12.2 Å². The summed E-state index contributed by atoms with van der Waals surface area (Å²) in [7, 11) is 0. The Kier molecular flexibility index (Phi) is 2.78. The fourth-order valence-corrected chi connectivity index (χ4v) is 2.01. The number of hydrogen-bond acceptors (Lipinski definition) is 2. The lowest BCUT2D eigenvalue weighted by Gasteiger charge is -2.29. The molecule has 0 amide bonds. The lowest BCUT2D eigenvalue weighted by Crippen LogP contribution is -2.20. The molecule has 2 rings (SSSR count). The minimum Gasteiger partial charge on any atom is -0.508 e. The molecule has 1 aliphatic rings. The van der Waals surface area contributed by atoms with Crippen molar-refractivity contribution < 1.29 is 9.84 Å². The number of hydrogen-bond donors (Lipinski definition) is 1. The quantitative estimate of drug-likeness (QED) is 0.712. The van der Waals surface area contributed by atoms with Gasteiger partial charge in [0.15, 0.2) is 0 Å². The Bertz CT molecular complexity index is 353. The largest absolute Gasteiger partial charge is 0.508 e. The number of phenols is 1. The van der Waals surface area contributed by atoms with Crippen molar-refractivity contribution in [2.24, 2.45) is 0 Å². The highest BCUT2D eigenvalue weighted by Gasteiger charge is 2.22. The van der Waals surface area contributed by atoms with Gasteiger partial charge in [-0.05, 0) is 37.5 Å². The van der Waals surface area contributed by atoms with Crippen LogP contribution >= 0.6 is 0 Å². The first kappa shape index (κ1) is 10.2. The highest BCUT2D eigenvalue weighted by Crippen LogP contribution is 2.33. The first-order valence-electron chi connectivity index (χ1n) is 5.26. The number of benzene rings is 1. The lowest BCUT2D eigenvalue weighted by atomic mass is 9.95. The van der Waals surface area contributed by atoms with Gasteiger partial charge in [0.1, 0.15) is 5.75 Å². The summed E-state index contributed by atoms with van der Waals surface area (Å²) in [4.78, 5) is 0. The van der Waals surface area contributed by atoms with E-state index < -0.39 is 0 Å². The molecule has 1 aromatic carbocycles. The number of ether oxygens (including phenoxy) is 1. The van der Waals surface area contributed by atoms with E-state index in [4.69, 9.17) is 4.74 Å². The second-order valence-corrected chi connectivity index (χ2v) is 4.19. The summed E-state index contributed by atoms with van der Waals surface area (Å²) in [5.74, 6) is 0.293. The molecular weight excluding hydrogens is 188 g/mol. The number of rotatable bonds is 1. The van der Waals surface area contributed by atoms with Crippen LogP contribution in [-0.4, -0.2) is 11.2 Å². The molecule has 2 atom stereocenters. The third-order valence-electron chi connectivity index (χ3n) is 2.71. The van der Waals surface area contributed by atoms with E-state index in [1.807, 2.05) is 12.1 Å². The molecule has 1 fully saturated rings. The van der Waals surface area contributed by atoms with E-state index in [1.165, 1.54) is 5.57 Å². The van der Waals surface area contributed by atoms with E-state index in [9.17, 15) is 5.11 Å². The minimum absolute atomic E-state index is 0.0989. The fourth-order valence-electron chi connectivity index (χ4n) is 2.01. The van der Waals surface area contributed by atoms with Crippen molar-refractivity contribution in [1.29, 1.82) is 0 Å². The van der Waals surface area contributed by atoms with Crippen LogP contribution in [0, 0.1) is 0 Å². The zero-order valence-electron chi connectivity index (χ0n) is 8.94. The molecular formula is C13H16O2. The van der Waals surface area contributed by atoms with Crippen LogP contribution in [0.4, 0.5) is 0 Å². The molecule has 0 aliphatic carbocycles. The summed E-state index contributed by atoms with van der Waals surface area (Å²) in [5, 5.41) is 9.20. The van der Waals surface area contributed by atoms with Crippen LogP contribution < -0.4 is 0 Å². The highest BCUT2D eigenvalue weighted by molar-refractivity contribution is 5.28. The molecule has 0 spiro atoms. The van der Waals surface area contributed by atoms with Gasteiger partial charge in [0, 0.05) is 0 Å². The van der Waals surface area contributed by atoms with Gasteiger partial charge in [-0.15, -0.1) is 0 Å². The van der Waals surface area contributed by atoms with Gasteiger partial charge in [0.2, 0.25) is 0 Å². The molecule has 0 bridgehead atoms. The Morgan fingerprint density at radius 1 is 1.27 bits per heavy atom. The maximum Gasteiger partial charge on any atom is 0.115 e. The third kappa shape index (κ3) is 2.39. The Hall–Kier alpha value is -1.28. The molecule has 1 aromatic rings. The fraction of sp³-hybridized carbons (Fsp3) is 0.385. The minimum atomic E-state index is 0.0989. The molecule has 0 radical (unpaired) electrons. The van der Waals surface area contributed by atoms with Crippen LogP contribution in [-0.2, 0) is 4.74 Å². The smallest absolute Gasteiger partial charge is 0.115 e. The molecule has 2 unspecified atom stereocenters. The van der Waals surface area contributed by atoms with Crippen LogP contribution in [0.25, 0.3) is 0 Å². The molecule has 1 N–H and O–H groups in total. The van der Waals surface area contributed by atoms with Crippen LogP contribution in [0.5, 0.6) is 5.75 Å². The normalized spacial score (nSPS) is 26.6. The first-order valence-corrected chi connectivity index (χ1v) is 5.26. The van der Waals surface area contributed by atoms with E-state index in [0.717, 1.165) is 18.4 Å². The van der Waals surface area contributed by atoms with Gasteiger partial charge in [-0.25, -0.2) is 0 Å². The van der Waals surface area contributed by atoms with Crippen molar-refractivity contribution in [1.82, 2.24) is 0 Å². The van der Waals surface area contributed by atoms with Crippen molar-refractivity contribution in [3.05, 3.63) is 42.0 Å². The molecule has 2 heteroatoms. The third-order valence-corrected chi connectivity index (χ3v) is 2.71. The summed E-state index contributed by atoms with van der Waals surface area (Å²) in [6, 6.07) is 7.21. The number of aromatic hydroxyl groups is 1. The van der Waals surface area contributed by atoms with E-state index in [0.29, 0.717) is 5.75 Å². The Morgan fingerprint density at radius 3 is 2.53 bits per heavy atom. The van der Waals surface area contributed by atoms with Crippen LogP contribution in [0.1, 0.15) is 31.4 Å². The van der Waals surface area contributed by atoms with E-state index >= 15 is 0 Å². The monoisotopic (exact) mass is 204 g/mol. The second kappa shape index (κ2) is 4.07. The topological polar surface area (TPSA) is 29.5 Å². The SMILES string of the molecule is C=C1CC(C)OC(c2ccc(O)cc2)C1. The molecule has 1 saturated heterocycles. The van der Waals surface area contributed by atoms with Gasteiger partial charge >= 0.3 is 0 Å². The first-order chi connectivity index (χ1) is 7.15. The van der Waals surface area contributed by atoms with Gasteiger partial charge in [0.05, 0.1) is 12.2 Å². The second-order valence-electron chi connectivity index (χ2n) is 4.19. The van der Waals surface area contributed by atoms with Gasteiger partial charge < -0.3 is 9.84 Å². The average molecular weight is 204 g/mol. The summed E-state index contributed by atoms with van der Waals surface area (Å²) in [5.41, 5.74) is 2.35. The van der Waals surface area contributed by atoms with Gasteiger partial charge in [-0.1, -0.05) is 24.3 Å². The van der Waals surface area contributed by atoms with Crippen LogP contribution in [0.2, 0.25) is 0 Å². The van der Waals surface area contributed by atoms with Crippen LogP contribution in [0.15, 0.2) is 36.4 Å². The molecule has 2 nitrogen and oxygen atoms in total. The average Bonchev–Trinajstić information content (AvgIpc) is 2.17. The Morgan fingerprint density at radius 2 is 1.93 bits per heavy atom. The van der Waals surface area contributed by atoms with Crippen molar-refractivity contribution in [3.8, 4) is 5.75 Å². The van der Waals surface area contributed by atoms with Crippen molar-refractivity contribution >= 4 is 0 Å². The highest BCUT2D eigenvalue weighted by atomic mass is 16.5. The zero-order valence-corrected chi connectivity index (χ0v) is 8.94. The standard InChI is InChI=1S/C13H16O2/c1-9-7-10(2)15-13(8-9)11-3-5-12(14)6-4-11/h3-6,10,13-14H,1,7-8H2,2H3. The van der Waals surface area contributed by atoms with E-state index in [1.54, 1.807) is 12.1 Å². The molecule has 0 aromatic heterocycles. The van der Waals surface area contributed by atoms with Crippen LogP contribution in [0.3, 0.4) is 0 Å². The Balaban J connectivity index is 2.16. The summed E-state index contributed by atoms with van der Waals surface area (Å²) in [6.45, 7) is 6.10. The van der Waals surface area contributed by atoms with Gasteiger partial charge in [-0.2, -0.15) is 0 Å². The summed E-state index contributed by atoms with van der Waals surface area (Å²) in [6.07, 6.45) is 2.18. The van der Waals surface area contributed by atoms with E-state index in [2.05, 4.69) is 13.5 Å². The predicted molar refractivity (Wildman–Crippen MR) is 59.8 cm³/mol. The molecule has 1 heterocycles. The zero-order chi connectivity index (χ0) is 10.8. The Labute approximate surface area is 90.2 Å². The summed E-state index contributed by atoms with van der Waals surface area (Å²) < 4.78 is 5.84. The number of phenolic OH excluding ortho intramolecular Hbond substituents is 1. The molecule has 15 heavy (non-hydrogen) atoms. The molecule has 1 aliphatic heterocycles. The lowest BCUT2D eigenvalue weighted by molar-refractivity contribution is -0.0224.